The second kappa shape index (κ2) is 8.21. The van der Waals surface area contributed by atoms with Crippen LogP contribution in [0.2, 0.25) is 0 Å². The van der Waals surface area contributed by atoms with Crippen molar-refractivity contribution in [1.82, 2.24) is 0 Å². The molecule has 0 unspecified atom stereocenters. The Labute approximate surface area is 256 Å². The van der Waals surface area contributed by atoms with E-state index in [2.05, 4.69) is 0 Å². The second-order valence-electron chi connectivity index (χ2n) is 14.4. The van der Waals surface area contributed by atoms with Crippen molar-refractivity contribution in [2.24, 2.45) is 28.1 Å². The van der Waals surface area contributed by atoms with Gasteiger partial charge in [0.2, 0.25) is 5.60 Å². The molecule has 8 rings (SSSR count). The molecule has 7 aliphatic rings. The zero-order chi connectivity index (χ0) is 32.3. The van der Waals surface area contributed by atoms with E-state index in [1.807, 2.05) is 0 Å². The number of carbonyl (C=O) groups is 3. The molecule has 5 N–H and O–H groups in total. The maximum Gasteiger partial charge on any atom is 0.509 e. The molecule has 3 aliphatic heterocycles. The highest BCUT2D eigenvalue weighted by Crippen LogP contribution is 2.86. The molecule has 244 valence electrons. The predicted molar refractivity (Wildman–Crippen MR) is 143 cm³/mol. The normalized spacial score (nSPS) is 53.9. The molecule has 2 spiro atoms. The summed E-state index contributed by atoms with van der Waals surface area (Å²) in [6.45, 7) is 5.47. The molecule has 6 fully saturated rings. The SMILES string of the molecule is CCC1=C[C@@H]2[C@](C)([C@@H](OC(C)=O)c3ccoc3)[C@@H](O)[C@@H](O)[C@@]34OC(=O)O[C@@]23[C@H](O1)[C@@]1(O)[C@@H](O)[C@]2(C)C[C@@]1(O)[C@]41COC(=O)C[C@@H]21. The number of rotatable bonds is 4. The number of hydrogen-bond donors (Lipinski definition) is 5. The smallest absolute Gasteiger partial charge is 0.487 e. The molecule has 14 heteroatoms. The first-order valence-corrected chi connectivity index (χ1v) is 15.2. The Kier molecular flexibility index (Phi) is 5.34. The van der Waals surface area contributed by atoms with Gasteiger partial charge in [0, 0.05) is 42.1 Å². The van der Waals surface area contributed by atoms with Crippen molar-refractivity contribution in [3.05, 3.63) is 36.0 Å². The highest BCUT2D eigenvalue weighted by Gasteiger charge is 3.04. The summed E-state index contributed by atoms with van der Waals surface area (Å²) in [6, 6.07) is 1.52. The number of aliphatic hydroxyl groups is 5. The first-order valence-electron chi connectivity index (χ1n) is 15.2. The van der Waals surface area contributed by atoms with E-state index in [9.17, 15) is 39.9 Å². The van der Waals surface area contributed by atoms with E-state index in [1.165, 1.54) is 25.5 Å². The van der Waals surface area contributed by atoms with Crippen LogP contribution < -0.4 is 0 Å². The number of ether oxygens (including phenoxy) is 5. The number of esters is 2. The van der Waals surface area contributed by atoms with Gasteiger partial charge in [0.05, 0.1) is 35.9 Å². The van der Waals surface area contributed by atoms with E-state index in [0.717, 1.165) is 0 Å². The largest absolute Gasteiger partial charge is 0.509 e. The molecular formula is C31H36O14. The lowest BCUT2D eigenvalue weighted by atomic mass is 9.32. The molecule has 4 heterocycles. The van der Waals surface area contributed by atoms with Gasteiger partial charge in [-0.05, 0) is 24.5 Å². The van der Waals surface area contributed by atoms with Crippen LogP contribution in [0.4, 0.5) is 4.79 Å². The van der Waals surface area contributed by atoms with E-state index in [-0.39, 0.29) is 25.0 Å². The zero-order valence-corrected chi connectivity index (χ0v) is 25.1. The molecule has 0 amide bonds. The first-order chi connectivity index (χ1) is 21.1. The minimum Gasteiger partial charge on any atom is -0.487 e. The number of aliphatic hydroxyl groups excluding tert-OH is 3. The van der Waals surface area contributed by atoms with E-state index < -0.39 is 106 Å². The average Bonchev–Trinajstić information content (AvgIpc) is 3.71. The zero-order valence-electron chi connectivity index (χ0n) is 25.1. The number of furan rings is 1. The monoisotopic (exact) mass is 632 g/mol. The van der Waals surface area contributed by atoms with Crippen molar-refractivity contribution in [2.75, 3.05) is 6.61 Å². The van der Waals surface area contributed by atoms with Crippen LogP contribution in [-0.4, -0.2) is 97.1 Å². The molecule has 4 aliphatic carbocycles. The predicted octanol–water partition coefficient (Wildman–Crippen LogP) is 0.389. The number of allylic oxidation sites excluding steroid dienone is 1. The highest BCUT2D eigenvalue weighted by atomic mass is 16.8. The van der Waals surface area contributed by atoms with Crippen LogP contribution in [0.15, 0.2) is 34.8 Å². The summed E-state index contributed by atoms with van der Waals surface area (Å²) >= 11 is 0. The molecule has 14 nitrogen and oxygen atoms in total. The van der Waals surface area contributed by atoms with Gasteiger partial charge in [-0.2, -0.15) is 0 Å². The molecule has 14 atom stereocenters. The van der Waals surface area contributed by atoms with Crippen LogP contribution in [0, 0.1) is 28.1 Å². The van der Waals surface area contributed by atoms with Crippen molar-refractivity contribution >= 4 is 18.1 Å². The fourth-order valence-electron chi connectivity index (χ4n) is 11.5. The van der Waals surface area contributed by atoms with Crippen molar-refractivity contribution in [1.29, 1.82) is 0 Å². The van der Waals surface area contributed by atoms with E-state index >= 15 is 0 Å². The van der Waals surface area contributed by atoms with E-state index in [1.54, 1.807) is 26.8 Å². The Hall–Kier alpha value is -3.17. The molecule has 0 radical (unpaired) electrons. The van der Waals surface area contributed by atoms with Gasteiger partial charge in [0.1, 0.15) is 24.4 Å². The highest BCUT2D eigenvalue weighted by molar-refractivity contribution is 5.74. The molecule has 1 aromatic heterocycles. The van der Waals surface area contributed by atoms with E-state index in [4.69, 9.17) is 28.1 Å². The third-order valence-corrected chi connectivity index (χ3v) is 13.0. The van der Waals surface area contributed by atoms with Crippen LogP contribution in [0.1, 0.15) is 58.6 Å². The molecule has 2 saturated heterocycles. The topological polar surface area (TPSA) is 212 Å². The Morgan fingerprint density at radius 3 is 2.51 bits per heavy atom. The van der Waals surface area contributed by atoms with Gasteiger partial charge in [-0.1, -0.05) is 20.8 Å². The Morgan fingerprint density at radius 1 is 1.13 bits per heavy atom. The molecule has 0 aromatic carbocycles. The average molecular weight is 633 g/mol. The number of fused-ring (bicyclic) bond motifs is 3. The summed E-state index contributed by atoms with van der Waals surface area (Å²) < 4.78 is 35.4. The quantitative estimate of drug-likeness (QED) is 0.225. The van der Waals surface area contributed by atoms with Gasteiger partial charge in [0.15, 0.2) is 17.3 Å². The minimum absolute atomic E-state index is 0.233. The van der Waals surface area contributed by atoms with Gasteiger partial charge >= 0.3 is 18.1 Å². The molecule has 2 bridgehead atoms. The fourth-order valence-corrected chi connectivity index (χ4v) is 11.5. The first kappa shape index (κ1) is 29.2. The number of hydrogen-bond acceptors (Lipinski definition) is 14. The lowest BCUT2D eigenvalue weighted by Gasteiger charge is -2.77. The summed E-state index contributed by atoms with van der Waals surface area (Å²) in [7, 11) is 0. The third-order valence-electron chi connectivity index (χ3n) is 13.0. The van der Waals surface area contributed by atoms with Crippen molar-refractivity contribution < 1.29 is 68.0 Å². The summed E-state index contributed by atoms with van der Waals surface area (Å²) in [6.07, 6.45) is -6.18. The summed E-state index contributed by atoms with van der Waals surface area (Å²) in [4.78, 5) is 39.1. The van der Waals surface area contributed by atoms with Gasteiger partial charge in [-0.3, -0.25) is 9.59 Å². The number of carbonyl (C=O) groups excluding carboxylic acids is 3. The molecule has 1 aromatic rings. The van der Waals surface area contributed by atoms with Gasteiger partial charge in [-0.25, -0.2) is 4.79 Å². The van der Waals surface area contributed by atoms with Gasteiger partial charge < -0.3 is 53.6 Å². The Bertz CT molecular complexity index is 1560. The fraction of sp³-hybridized carbons (Fsp3) is 0.710. The minimum atomic E-state index is -2.57. The molecular weight excluding hydrogens is 596 g/mol. The van der Waals surface area contributed by atoms with Crippen LogP contribution >= 0.6 is 0 Å². The van der Waals surface area contributed by atoms with Crippen molar-refractivity contribution in [3.8, 4) is 0 Å². The standard InChI is InChI=1S/C31H36O14/c1-5-15-8-17-26(4,21(42-13(2)32)14-6-7-40-10-14)19(34)20(35)31-27-12-41-18(33)9-16(27)25(3)11-28(27,38)29(39,22(25)36)23(43-15)30(17,31)44-24(37)45-31/h6-8,10,16-17,19-23,34-36,38-39H,5,9,11-12H2,1-4H3/t16-,17+,19-,20+,21-,22-,23+,25+,26-,27+,28+,29-,30+,31-/m0/s1. The van der Waals surface area contributed by atoms with E-state index in [0.29, 0.717) is 5.56 Å². The Morgan fingerprint density at radius 2 is 1.87 bits per heavy atom. The summed E-state index contributed by atoms with van der Waals surface area (Å²) in [5.41, 5.74) is -14.4. The summed E-state index contributed by atoms with van der Waals surface area (Å²) in [5, 5.41) is 62.9. The maximum absolute atomic E-state index is 13.7. The molecule has 45 heavy (non-hydrogen) atoms. The lowest BCUT2D eigenvalue weighted by molar-refractivity contribution is -0.446. The third kappa shape index (κ3) is 2.60. The lowest BCUT2D eigenvalue weighted by Crippen LogP contribution is -2.97. The van der Waals surface area contributed by atoms with Crippen molar-refractivity contribution in [2.45, 2.75) is 99.9 Å². The van der Waals surface area contributed by atoms with Crippen molar-refractivity contribution in [3.63, 3.8) is 0 Å². The van der Waals surface area contributed by atoms with Crippen LogP contribution in [0.25, 0.3) is 0 Å². The van der Waals surface area contributed by atoms with Crippen LogP contribution in [0.3, 0.4) is 0 Å². The summed E-state index contributed by atoms with van der Waals surface area (Å²) in [5.74, 6) is -3.39. The molecule has 4 saturated carbocycles. The maximum atomic E-state index is 13.7. The van der Waals surface area contributed by atoms with Crippen LogP contribution in [0.5, 0.6) is 0 Å². The van der Waals surface area contributed by atoms with Gasteiger partial charge in [-0.15, -0.1) is 0 Å². The van der Waals surface area contributed by atoms with Gasteiger partial charge in [0.25, 0.3) is 0 Å². The second-order valence-corrected chi connectivity index (χ2v) is 14.4. The Balaban J connectivity index is 1.50. The van der Waals surface area contributed by atoms with Crippen LogP contribution in [-0.2, 0) is 33.3 Å². The number of cyclic esters (lactones) is 1.